The highest BCUT2D eigenvalue weighted by Gasteiger charge is 2.47. The molecule has 4 N–H and O–H groups in total. The van der Waals surface area contributed by atoms with Crippen molar-refractivity contribution in [1.82, 2.24) is 9.62 Å². The molecular formula is C17H23F3N4O6S2. The normalized spacial score (nSPS) is 20.4. The van der Waals surface area contributed by atoms with E-state index in [1.54, 1.807) is 20.8 Å². The van der Waals surface area contributed by atoms with Gasteiger partial charge < -0.3 is 15.0 Å². The average molecular weight is 501 g/mol. The van der Waals surface area contributed by atoms with Crippen LogP contribution in [0.5, 0.6) is 0 Å². The molecule has 0 aromatic heterocycles. The number of fused-ring (bicyclic) bond motifs is 1. The maximum atomic E-state index is 13.5. The van der Waals surface area contributed by atoms with Gasteiger partial charge >= 0.3 is 12.3 Å². The lowest BCUT2D eigenvalue weighted by Crippen LogP contribution is -2.62. The number of anilines is 1. The number of primary sulfonamides is 1. The first-order valence-electron chi connectivity index (χ1n) is 9.41. The van der Waals surface area contributed by atoms with Crippen molar-refractivity contribution in [3.8, 4) is 0 Å². The predicted octanol–water partition coefficient (Wildman–Crippen LogP) is 1.78. The SMILES string of the molecule is CC(C)(C)OC(=O)N1CCC2(CC1)Nc1cc(C(F)(F)F)c(S(N)(=O)=O)cc1S(=O)(=O)N2. The van der Waals surface area contributed by atoms with E-state index < -0.39 is 64.6 Å². The van der Waals surface area contributed by atoms with E-state index in [-0.39, 0.29) is 25.9 Å². The summed E-state index contributed by atoms with van der Waals surface area (Å²) in [6.07, 6.45) is -5.63. The number of hydrogen-bond acceptors (Lipinski definition) is 7. The van der Waals surface area contributed by atoms with Gasteiger partial charge in [0.2, 0.25) is 20.0 Å². The van der Waals surface area contributed by atoms with Crippen LogP contribution in [-0.4, -0.2) is 52.2 Å². The van der Waals surface area contributed by atoms with Crippen LogP contribution in [0.15, 0.2) is 21.9 Å². The molecule has 1 aromatic rings. The van der Waals surface area contributed by atoms with Crippen LogP contribution in [0.2, 0.25) is 0 Å². The summed E-state index contributed by atoms with van der Waals surface area (Å²) < 4.78 is 97.1. The topological polar surface area (TPSA) is 148 Å². The fraction of sp³-hybridized carbons (Fsp3) is 0.588. The molecule has 0 bridgehead atoms. The van der Waals surface area contributed by atoms with Gasteiger partial charge in [-0.1, -0.05) is 0 Å². The summed E-state index contributed by atoms with van der Waals surface area (Å²) in [5.41, 5.74) is -4.08. The second-order valence-electron chi connectivity index (χ2n) is 8.67. The van der Waals surface area contributed by atoms with Crippen LogP contribution in [0.25, 0.3) is 0 Å². The summed E-state index contributed by atoms with van der Waals surface area (Å²) in [6, 6.07) is 0.820. The summed E-state index contributed by atoms with van der Waals surface area (Å²) in [7, 11) is -9.26. The van der Waals surface area contributed by atoms with Crippen LogP contribution in [0, 0.1) is 0 Å². The molecule has 15 heteroatoms. The molecule has 0 aliphatic carbocycles. The van der Waals surface area contributed by atoms with Gasteiger partial charge in [-0.2, -0.15) is 17.9 Å². The standard InChI is InChI=1S/C17H23F3N4O6S2/c1-15(2,3)30-14(25)24-6-4-16(5-7-24)22-11-8-10(17(18,19)20)12(31(21,26)27)9-13(11)32(28,29)23-16/h8-9,22-23H,4-7H2,1-3H3,(H2,21,26,27). The van der Waals surface area contributed by atoms with Crippen LogP contribution in [0.3, 0.4) is 0 Å². The van der Waals surface area contributed by atoms with E-state index in [9.17, 15) is 34.8 Å². The van der Waals surface area contributed by atoms with Crippen molar-refractivity contribution in [2.24, 2.45) is 5.14 Å². The zero-order valence-corrected chi connectivity index (χ0v) is 19.0. The summed E-state index contributed by atoms with van der Waals surface area (Å²) in [6.45, 7) is 5.22. The van der Waals surface area contributed by atoms with Crippen LogP contribution < -0.4 is 15.2 Å². The molecular weight excluding hydrogens is 477 g/mol. The van der Waals surface area contributed by atoms with E-state index in [0.717, 1.165) is 0 Å². The monoisotopic (exact) mass is 500 g/mol. The minimum atomic E-state index is -5.10. The lowest BCUT2D eigenvalue weighted by atomic mass is 9.97. The second-order valence-corrected chi connectivity index (χ2v) is 11.8. The molecule has 1 fully saturated rings. The quantitative estimate of drug-likeness (QED) is 0.532. The number of amides is 1. The third-order valence-corrected chi connectivity index (χ3v) is 7.48. The Labute approximate surface area is 183 Å². The van der Waals surface area contributed by atoms with Gasteiger partial charge in [-0.25, -0.2) is 26.8 Å². The molecule has 0 atom stereocenters. The molecule has 1 amide bonds. The van der Waals surface area contributed by atoms with Crippen molar-refractivity contribution in [3.63, 3.8) is 0 Å². The number of carbonyl (C=O) groups is 1. The van der Waals surface area contributed by atoms with E-state index in [0.29, 0.717) is 12.1 Å². The van der Waals surface area contributed by atoms with Gasteiger partial charge in [-0.05, 0) is 32.9 Å². The van der Waals surface area contributed by atoms with E-state index in [4.69, 9.17) is 9.88 Å². The summed E-state index contributed by atoms with van der Waals surface area (Å²) in [5.74, 6) is 0. The Bertz CT molecular complexity index is 1150. The molecule has 3 rings (SSSR count). The third kappa shape index (κ3) is 4.94. The zero-order valence-electron chi connectivity index (χ0n) is 17.4. The molecule has 180 valence electrons. The van der Waals surface area contributed by atoms with Gasteiger partial charge in [0, 0.05) is 25.9 Å². The number of nitrogens with two attached hydrogens (primary N) is 1. The predicted molar refractivity (Wildman–Crippen MR) is 107 cm³/mol. The first-order valence-corrected chi connectivity index (χ1v) is 12.4. The Balaban J connectivity index is 1.96. The number of benzene rings is 1. The van der Waals surface area contributed by atoms with Crippen molar-refractivity contribution >= 4 is 31.8 Å². The van der Waals surface area contributed by atoms with Crippen LogP contribution in [0.4, 0.5) is 23.7 Å². The molecule has 0 saturated carbocycles. The molecule has 2 aliphatic heterocycles. The van der Waals surface area contributed by atoms with Gasteiger partial charge in [-0.15, -0.1) is 0 Å². The smallest absolute Gasteiger partial charge is 0.417 e. The van der Waals surface area contributed by atoms with Gasteiger partial charge in [0.25, 0.3) is 0 Å². The third-order valence-electron chi connectivity index (χ3n) is 4.96. The molecule has 1 spiro atoms. The second kappa shape index (κ2) is 7.46. The lowest BCUT2D eigenvalue weighted by Gasteiger charge is -2.45. The van der Waals surface area contributed by atoms with Crippen molar-refractivity contribution in [2.45, 2.75) is 60.8 Å². The number of carbonyl (C=O) groups excluding carboxylic acids is 1. The highest BCUT2D eigenvalue weighted by atomic mass is 32.2. The number of halogens is 3. The average Bonchev–Trinajstić information content (AvgIpc) is 2.57. The Morgan fingerprint density at radius 3 is 2.22 bits per heavy atom. The number of nitrogens with one attached hydrogen (secondary N) is 2. The largest absolute Gasteiger partial charge is 0.444 e. The maximum Gasteiger partial charge on any atom is 0.417 e. The molecule has 1 saturated heterocycles. The van der Waals surface area contributed by atoms with E-state index in [1.165, 1.54) is 4.90 Å². The molecule has 0 unspecified atom stereocenters. The number of ether oxygens (including phenoxy) is 1. The number of sulfonamides is 2. The van der Waals surface area contributed by atoms with Crippen molar-refractivity contribution in [1.29, 1.82) is 0 Å². The fourth-order valence-corrected chi connectivity index (χ4v) is 5.95. The number of rotatable bonds is 1. The Morgan fingerprint density at radius 1 is 1.19 bits per heavy atom. The van der Waals surface area contributed by atoms with Crippen LogP contribution >= 0.6 is 0 Å². The minimum Gasteiger partial charge on any atom is -0.444 e. The van der Waals surface area contributed by atoms with E-state index in [2.05, 4.69) is 10.0 Å². The van der Waals surface area contributed by atoms with Crippen molar-refractivity contribution in [3.05, 3.63) is 17.7 Å². The van der Waals surface area contributed by atoms with E-state index >= 15 is 0 Å². The number of piperidine rings is 1. The Kier molecular flexibility index (Phi) is 5.72. The molecule has 32 heavy (non-hydrogen) atoms. The zero-order chi connectivity index (χ0) is 24.3. The van der Waals surface area contributed by atoms with Gasteiger partial charge in [0.1, 0.15) is 16.2 Å². The highest BCUT2D eigenvalue weighted by Crippen LogP contribution is 2.42. The molecule has 1 aromatic carbocycles. The lowest BCUT2D eigenvalue weighted by molar-refractivity contribution is -0.139. The molecule has 10 nitrogen and oxygen atoms in total. The van der Waals surface area contributed by atoms with Crippen LogP contribution in [-0.2, 0) is 31.0 Å². The maximum absolute atomic E-state index is 13.5. The fourth-order valence-electron chi connectivity index (χ4n) is 3.56. The Morgan fingerprint density at radius 2 is 1.75 bits per heavy atom. The molecule has 0 radical (unpaired) electrons. The van der Waals surface area contributed by atoms with Gasteiger partial charge in [0.05, 0.1) is 16.1 Å². The van der Waals surface area contributed by atoms with Crippen molar-refractivity contribution in [2.75, 3.05) is 18.4 Å². The minimum absolute atomic E-state index is 0.0310. The Hall–Kier alpha value is -2.10. The first-order chi connectivity index (χ1) is 14.3. The molecule has 2 aliphatic rings. The van der Waals surface area contributed by atoms with Crippen LogP contribution in [0.1, 0.15) is 39.2 Å². The summed E-state index contributed by atoms with van der Waals surface area (Å²) >= 11 is 0. The summed E-state index contributed by atoms with van der Waals surface area (Å²) in [5, 5.41) is 7.65. The molecule has 2 heterocycles. The summed E-state index contributed by atoms with van der Waals surface area (Å²) in [4.78, 5) is 11.6. The van der Waals surface area contributed by atoms with Gasteiger partial charge in [0.15, 0.2) is 0 Å². The highest BCUT2D eigenvalue weighted by molar-refractivity contribution is 7.90. The number of hydrogen-bond donors (Lipinski definition) is 3. The number of alkyl halides is 3. The number of nitrogens with zero attached hydrogens (tertiary/aromatic N) is 1. The van der Waals surface area contributed by atoms with Gasteiger partial charge in [-0.3, -0.25) is 0 Å². The van der Waals surface area contributed by atoms with Crippen molar-refractivity contribution < 1.29 is 39.5 Å². The number of likely N-dealkylation sites (tertiary alicyclic amines) is 1. The van der Waals surface area contributed by atoms with E-state index in [1.807, 2.05) is 0 Å². The first kappa shape index (κ1) is 24.5.